The highest BCUT2D eigenvalue weighted by Gasteiger charge is 2.32. The molecule has 0 radical (unpaired) electrons. The topological polar surface area (TPSA) is 35.2 Å². The van der Waals surface area contributed by atoms with Crippen LogP contribution in [0.5, 0.6) is 0 Å². The van der Waals surface area contributed by atoms with Gasteiger partial charge in [0, 0.05) is 16.5 Å². The predicted molar refractivity (Wildman–Crippen MR) is 69.3 cm³/mol. The molecular formula is C11H18BrNOS. The van der Waals surface area contributed by atoms with Gasteiger partial charge >= 0.3 is 0 Å². The van der Waals surface area contributed by atoms with Crippen molar-refractivity contribution in [2.24, 2.45) is 5.73 Å². The number of hydrogen-bond donors (Lipinski definition) is 1. The second-order valence-electron chi connectivity index (χ2n) is 3.75. The van der Waals surface area contributed by atoms with Gasteiger partial charge in [-0.3, -0.25) is 0 Å². The molecule has 0 bridgehead atoms. The van der Waals surface area contributed by atoms with Crippen LogP contribution in [0, 0.1) is 0 Å². The van der Waals surface area contributed by atoms with Gasteiger partial charge in [0.2, 0.25) is 0 Å². The maximum Gasteiger partial charge on any atom is 0.0844 e. The maximum absolute atomic E-state index is 6.27. The van der Waals surface area contributed by atoms with Crippen LogP contribution in [0.2, 0.25) is 0 Å². The first-order valence-electron chi connectivity index (χ1n) is 5.16. The lowest BCUT2D eigenvalue weighted by Gasteiger charge is -2.34. The summed E-state index contributed by atoms with van der Waals surface area (Å²) in [6, 6.07) is -0.0805. The zero-order valence-corrected chi connectivity index (χ0v) is 11.8. The molecule has 0 fully saturated rings. The highest BCUT2D eigenvalue weighted by atomic mass is 79.9. The molecule has 0 aromatic carbocycles. The molecule has 0 amide bonds. The van der Waals surface area contributed by atoms with Crippen LogP contribution >= 0.6 is 27.3 Å². The Kier molecular flexibility index (Phi) is 4.77. The zero-order valence-electron chi connectivity index (χ0n) is 9.42. The van der Waals surface area contributed by atoms with E-state index in [1.54, 1.807) is 11.3 Å². The van der Waals surface area contributed by atoms with E-state index in [1.807, 2.05) is 6.92 Å². The molecule has 0 saturated carbocycles. The predicted octanol–water partition coefficient (Wildman–Crippen LogP) is 3.72. The van der Waals surface area contributed by atoms with E-state index in [0.29, 0.717) is 6.61 Å². The van der Waals surface area contributed by atoms with Gasteiger partial charge in [0.15, 0.2) is 0 Å². The van der Waals surface area contributed by atoms with Crippen LogP contribution in [0.1, 0.15) is 38.8 Å². The molecule has 0 aliphatic heterocycles. The van der Waals surface area contributed by atoms with Gasteiger partial charge in [-0.15, -0.1) is 0 Å². The van der Waals surface area contributed by atoms with Crippen molar-refractivity contribution in [2.45, 2.75) is 38.8 Å². The normalized spacial score (nSPS) is 17.4. The fourth-order valence-electron chi connectivity index (χ4n) is 1.58. The lowest BCUT2D eigenvalue weighted by atomic mass is 9.90. The Morgan fingerprint density at radius 2 is 2.20 bits per heavy atom. The summed E-state index contributed by atoms with van der Waals surface area (Å²) < 4.78 is 6.86. The van der Waals surface area contributed by atoms with Crippen molar-refractivity contribution in [3.63, 3.8) is 0 Å². The summed E-state index contributed by atoms with van der Waals surface area (Å²) >= 11 is 5.17. The Hall–Kier alpha value is 0.100. The molecule has 2 nitrogen and oxygen atoms in total. The van der Waals surface area contributed by atoms with E-state index in [4.69, 9.17) is 10.5 Å². The van der Waals surface area contributed by atoms with Gasteiger partial charge in [0.25, 0.3) is 0 Å². The molecule has 1 aromatic heterocycles. The van der Waals surface area contributed by atoms with Crippen molar-refractivity contribution in [3.05, 3.63) is 20.8 Å². The van der Waals surface area contributed by atoms with Gasteiger partial charge in [-0.05, 0) is 47.1 Å². The Bertz CT molecular complexity index is 315. The minimum Gasteiger partial charge on any atom is -0.374 e. The van der Waals surface area contributed by atoms with Gasteiger partial charge in [0.1, 0.15) is 0 Å². The van der Waals surface area contributed by atoms with E-state index in [2.05, 4.69) is 40.5 Å². The molecule has 1 rings (SSSR count). The van der Waals surface area contributed by atoms with Crippen molar-refractivity contribution < 1.29 is 4.74 Å². The third kappa shape index (κ3) is 2.81. The Balaban J connectivity index is 2.91. The van der Waals surface area contributed by atoms with Crippen LogP contribution < -0.4 is 5.73 Å². The van der Waals surface area contributed by atoms with Crippen molar-refractivity contribution in [2.75, 3.05) is 6.61 Å². The molecule has 1 aromatic rings. The monoisotopic (exact) mass is 291 g/mol. The summed E-state index contributed by atoms with van der Waals surface area (Å²) in [5.41, 5.74) is 7.12. The summed E-state index contributed by atoms with van der Waals surface area (Å²) in [4.78, 5) is 0. The van der Waals surface area contributed by atoms with Crippen molar-refractivity contribution in [1.82, 2.24) is 0 Å². The van der Waals surface area contributed by atoms with Crippen LogP contribution in [-0.2, 0) is 4.74 Å². The second-order valence-corrected chi connectivity index (χ2v) is 5.35. The third-order valence-corrected chi connectivity index (χ3v) is 4.56. The standard InChI is InChI=1S/C11H18BrNOS/c1-4-11(3,14-5-2)10(13)8-6-15-7-9(8)12/h6-7,10H,4-5,13H2,1-3H3. The summed E-state index contributed by atoms with van der Waals surface area (Å²) in [6.45, 7) is 6.88. The Morgan fingerprint density at radius 3 is 2.60 bits per heavy atom. The number of ether oxygens (including phenoxy) is 1. The molecule has 86 valence electrons. The average Bonchev–Trinajstić information content (AvgIpc) is 2.63. The Morgan fingerprint density at radius 1 is 1.53 bits per heavy atom. The summed E-state index contributed by atoms with van der Waals surface area (Å²) in [7, 11) is 0. The van der Waals surface area contributed by atoms with Crippen LogP contribution in [-0.4, -0.2) is 12.2 Å². The molecule has 2 unspecified atom stereocenters. The molecule has 1 heterocycles. The minimum absolute atomic E-state index is 0.0805. The van der Waals surface area contributed by atoms with Crippen molar-refractivity contribution >= 4 is 27.3 Å². The SMILES string of the molecule is CCOC(C)(CC)C(N)c1cscc1Br. The van der Waals surface area contributed by atoms with E-state index in [-0.39, 0.29) is 11.6 Å². The number of thiophene rings is 1. The molecule has 4 heteroatoms. The van der Waals surface area contributed by atoms with Crippen LogP contribution in [0.3, 0.4) is 0 Å². The summed E-state index contributed by atoms with van der Waals surface area (Å²) in [5, 5.41) is 4.14. The number of nitrogens with two attached hydrogens (primary N) is 1. The largest absolute Gasteiger partial charge is 0.374 e. The lowest BCUT2D eigenvalue weighted by molar-refractivity contribution is -0.0473. The number of hydrogen-bond acceptors (Lipinski definition) is 3. The summed E-state index contributed by atoms with van der Waals surface area (Å²) in [5.74, 6) is 0. The van der Waals surface area contributed by atoms with Crippen LogP contribution in [0.15, 0.2) is 15.2 Å². The van der Waals surface area contributed by atoms with Gasteiger partial charge in [-0.2, -0.15) is 11.3 Å². The Labute approximate surface area is 104 Å². The summed E-state index contributed by atoms with van der Waals surface area (Å²) in [6.07, 6.45) is 0.907. The van der Waals surface area contributed by atoms with Crippen LogP contribution in [0.25, 0.3) is 0 Å². The smallest absolute Gasteiger partial charge is 0.0844 e. The van der Waals surface area contributed by atoms with E-state index < -0.39 is 0 Å². The fourth-order valence-corrected chi connectivity index (χ4v) is 3.16. The second kappa shape index (κ2) is 5.43. The maximum atomic E-state index is 6.27. The van der Waals surface area contributed by atoms with Crippen molar-refractivity contribution in [3.8, 4) is 0 Å². The minimum atomic E-state index is -0.279. The average molecular weight is 292 g/mol. The lowest BCUT2D eigenvalue weighted by Crippen LogP contribution is -2.40. The van der Waals surface area contributed by atoms with Gasteiger partial charge in [-0.1, -0.05) is 6.92 Å². The molecule has 0 spiro atoms. The molecule has 2 atom stereocenters. The van der Waals surface area contributed by atoms with Crippen LogP contribution in [0.4, 0.5) is 0 Å². The van der Waals surface area contributed by atoms with E-state index in [9.17, 15) is 0 Å². The number of halogens is 1. The van der Waals surface area contributed by atoms with Gasteiger partial charge in [0.05, 0.1) is 11.6 Å². The molecular weight excluding hydrogens is 274 g/mol. The van der Waals surface area contributed by atoms with Gasteiger partial charge < -0.3 is 10.5 Å². The quantitative estimate of drug-likeness (QED) is 0.897. The van der Waals surface area contributed by atoms with Gasteiger partial charge in [-0.25, -0.2) is 0 Å². The highest BCUT2D eigenvalue weighted by Crippen LogP contribution is 2.35. The molecule has 2 N–H and O–H groups in total. The molecule has 0 aliphatic carbocycles. The first-order valence-corrected chi connectivity index (χ1v) is 6.89. The molecule has 15 heavy (non-hydrogen) atoms. The number of rotatable bonds is 5. The van der Waals surface area contributed by atoms with E-state index >= 15 is 0 Å². The zero-order chi connectivity index (χ0) is 11.5. The van der Waals surface area contributed by atoms with E-state index in [0.717, 1.165) is 16.5 Å². The first-order chi connectivity index (χ1) is 7.05. The van der Waals surface area contributed by atoms with E-state index in [1.165, 1.54) is 0 Å². The first kappa shape index (κ1) is 13.2. The highest BCUT2D eigenvalue weighted by molar-refractivity contribution is 9.10. The molecule has 0 saturated heterocycles. The fraction of sp³-hybridized carbons (Fsp3) is 0.636. The third-order valence-electron chi connectivity index (χ3n) is 2.81. The molecule has 0 aliphatic rings. The van der Waals surface area contributed by atoms with Crippen molar-refractivity contribution in [1.29, 1.82) is 0 Å².